The number of hydrogen-bond acceptors (Lipinski definition) is 5. The highest BCUT2D eigenvalue weighted by molar-refractivity contribution is 5.94. The van der Waals surface area contributed by atoms with Gasteiger partial charge >= 0.3 is 5.97 Å². The van der Waals surface area contributed by atoms with Crippen LogP contribution in [-0.4, -0.2) is 28.4 Å². The van der Waals surface area contributed by atoms with Gasteiger partial charge in [0.2, 0.25) is 0 Å². The number of carbonyl (C=O) groups is 2. The van der Waals surface area contributed by atoms with E-state index in [-0.39, 0.29) is 18.5 Å². The van der Waals surface area contributed by atoms with E-state index < -0.39 is 5.97 Å². The summed E-state index contributed by atoms with van der Waals surface area (Å²) in [5.41, 5.74) is 3.94. The van der Waals surface area contributed by atoms with Crippen molar-refractivity contribution >= 4 is 11.8 Å². The molecule has 1 heterocycles. The topological polar surface area (TPSA) is 85.7 Å². The lowest BCUT2D eigenvalue weighted by molar-refractivity contribution is -0.139. The van der Waals surface area contributed by atoms with Gasteiger partial charge in [-0.1, -0.05) is 30.3 Å². The van der Waals surface area contributed by atoms with Gasteiger partial charge in [0.05, 0.1) is 11.4 Å². The second-order valence-corrected chi connectivity index (χ2v) is 6.95. The Morgan fingerprint density at radius 3 is 2.43 bits per heavy atom. The molecule has 0 spiro atoms. The smallest absolute Gasteiger partial charge is 0.341 e. The van der Waals surface area contributed by atoms with E-state index >= 15 is 0 Å². The third-order valence-corrected chi connectivity index (χ3v) is 4.58. The fraction of sp³-hybridized carbons (Fsp3) is 0.208. The van der Waals surface area contributed by atoms with Crippen LogP contribution in [-0.2, 0) is 4.79 Å². The van der Waals surface area contributed by atoms with Gasteiger partial charge in [-0.05, 0) is 56.7 Å². The Bertz CT molecular complexity index is 1060. The number of aryl methyl sites for hydroxylation is 1. The molecule has 6 heteroatoms. The van der Waals surface area contributed by atoms with E-state index in [9.17, 15) is 9.59 Å². The summed E-state index contributed by atoms with van der Waals surface area (Å²) in [6, 6.07) is 18.3. The van der Waals surface area contributed by atoms with Crippen LogP contribution in [0.5, 0.6) is 11.5 Å². The molecule has 2 aromatic carbocycles. The van der Waals surface area contributed by atoms with E-state index in [1.54, 1.807) is 37.3 Å². The number of carboxylic acid groups (broad SMARTS) is 1. The second kappa shape index (κ2) is 9.22. The average molecular weight is 405 g/mol. The van der Waals surface area contributed by atoms with Gasteiger partial charge in [-0.25, -0.2) is 9.78 Å². The van der Waals surface area contributed by atoms with Gasteiger partial charge in [-0.2, -0.15) is 0 Å². The molecule has 1 aromatic heterocycles. The normalized spacial score (nSPS) is 11.6. The fourth-order valence-corrected chi connectivity index (χ4v) is 2.98. The number of benzene rings is 2. The first-order valence-corrected chi connectivity index (χ1v) is 9.53. The lowest BCUT2D eigenvalue weighted by Crippen LogP contribution is -2.10. The predicted octanol–water partition coefficient (Wildman–Crippen LogP) is 4.86. The number of rotatable bonds is 8. The van der Waals surface area contributed by atoms with Crippen LogP contribution in [0.2, 0.25) is 0 Å². The van der Waals surface area contributed by atoms with Crippen molar-refractivity contribution in [1.82, 2.24) is 4.98 Å². The maximum atomic E-state index is 11.5. The van der Waals surface area contributed by atoms with Crippen LogP contribution in [0.15, 0.2) is 60.7 Å². The Balaban J connectivity index is 1.73. The number of aromatic nitrogens is 1. The maximum absolute atomic E-state index is 11.5. The van der Waals surface area contributed by atoms with Crippen LogP contribution < -0.4 is 9.47 Å². The van der Waals surface area contributed by atoms with Crippen LogP contribution in [0.1, 0.15) is 41.6 Å². The Morgan fingerprint density at radius 1 is 1.07 bits per heavy atom. The molecule has 1 atom stereocenters. The first kappa shape index (κ1) is 21.0. The average Bonchev–Trinajstić information content (AvgIpc) is 2.73. The van der Waals surface area contributed by atoms with Crippen molar-refractivity contribution in [3.63, 3.8) is 0 Å². The number of hydrogen-bond donors (Lipinski definition) is 1. The van der Waals surface area contributed by atoms with Crippen LogP contribution in [0, 0.1) is 6.92 Å². The zero-order valence-corrected chi connectivity index (χ0v) is 17.1. The van der Waals surface area contributed by atoms with Crippen molar-refractivity contribution in [2.75, 3.05) is 6.61 Å². The molecule has 0 aliphatic carbocycles. The Labute approximate surface area is 175 Å². The number of Topliss-reactive ketones (excluding diaryl/α,β-unsaturated/α-hetero) is 1. The molecule has 0 aliphatic heterocycles. The molecule has 1 unspecified atom stereocenters. The number of carbonyl (C=O) groups excluding carboxylic acids is 1. The number of nitrogens with zero attached hydrogens (tertiary/aromatic N) is 1. The summed E-state index contributed by atoms with van der Waals surface area (Å²) in [5, 5.41) is 8.74. The molecule has 3 aromatic rings. The first-order valence-electron chi connectivity index (χ1n) is 9.53. The molecule has 0 fully saturated rings. The van der Waals surface area contributed by atoms with Gasteiger partial charge in [-0.3, -0.25) is 4.79 Å². The van der Waals surface area contributed by atoms with E-state index in [2.05, 4.69) is 0 Å². The van der Waals surface area contributed by atoms with Crippen molar-refractivity contribution in [2.45, 2.75) is 26.9 Å². The third kappa shape index (κ3) is 5.23. The number of aliphatic carboxylic acids is 1. The highest BCUT2D eigenvalue weighted by Crippen LogP contribution is 2.28. The van der Waals surface area contributed by atoms with Crippen LogP contribution in [0.3, 0.4) is 0 Å². The van der Waals surface area contributed by atoms with Crippen molar-refractivity contribution in [1.29, 1.82) is 0 Å². The minimum Gasteiger partial charge on any atom is -0.484 e. The summed E-state index contributed by atoms with van der Waals surface area (Å²) >= 11 is 0. The summed E-state index contributed by atoms with van der Waals surface area (Å²) in [7, 11) is 0. The van der Waals surface area contributed by atoms with Crippen molar-refractivity contribution < 1.29 is 24.2 Å². The molecule has 1 N–H and O–H groups in total. The molecule has 0 amide bonds. The standard InChI is InChI=1S/C24H23NO5/c1-15-13-20(11-12-23(15)29-14-24(27)28)30-17(3)21-5-4-6-22(25-21)19-9-7-18(8-10-19)16(2)26/h4-13,17H,14H2,1-3H3,(H,27,28). The van der Waals surface area contributed by atoms with Crippen molar-refractivity contribution in [3.05, 3.63) is 77.5 Å². The molecular formula is C24H23NO5. The lowest BCUT2D eigenvalue weighted by Gasteiger charge is -2.16. The number of pyridine rings is 1. The maximum Gasteiger partial charge on any atom is 0.341 e. The predicted molar refractivity (Wildman–Crippen MR) is 113 cm³/mol. The molecule has 6 nitrogen and oxygen atoms in total. The SMILES string of the molecule is CC(=O)c1ccc(-c2cccc(C(C)Oc3ccc(OCC(=O)O)c(C)c3)n2)cc1. The first-order chi connectivity index (χ1) is 14.3. The number of carboxylic acids is 1. The number of ether oxygens (including phenoxy) is 2. The minimum atomic E-state index is -1.02. The Morgan fingerprint density at radius 2 is 1.80 bits per heavy atom. The molecule has 30 heavy (non-hydrogen) atoms. The summed E-state index contributed by atoms with van der Waals surface area (Å²) < 4.78 is 11.3. The quantitative estimate of drug-likeness (QED) is 0.539. The number of ketones is 1. The highest BCUT2D eigenvalue weighted by atomic mass is 16.5. The van der Waals surface area contributed by atoms with E-state index in [4.69, 9.17) is 19.6 Å². The second-order valence-electron chi connectivity index (χ2n) is 6.95. The van der Waals surface area contributed by atoms with Crippen LogP contribution >= 0.6 is 0 Å². The molecular weight excluding hydrogens is 382 g/mol. The van der Waals surface area contributed by atoms with Gasteiger partial charge in [0.15, 0.2) is 12.4 Å². The monoisotopic (exact) mass is 405 g/mol. The van der Waals surface area contributed by atoms with Crippen molar-refractivity contribution in [3.8, 4) is 22.8 Å². The van der Waals surface area contributed by atoms with Crippen LogP contribution in [0.25, 0.3) is 11.3 Å². The van der Waals surface area contributed by atoms with Crippen molar-refractivity contribution in [2.24, 2.45) is 0 Å². The van der Waals surface area contributed by atoms with Crippen LogP contribution in [0.4, 0.5) is 0 Å². The van der Waals surface area contributed by atoms with Gasteiger partial charge in [-0.15, -0.1) is 0 Å². The van der Waals surface area contributed by atoms with E-state index in [0.29, 0.717) is 17.1 Å². The Hall–Kier alpha value is -3.67. The van der Waals surface area contributed by atoms with E-state index in [1.165, 1.54) is 0 Å². The van der Waals surface area contributed by atoms with Gasteiger partial charge < -0.3 is 14.6 Å². The van der Waals surface area contributed by atoms with Gasteiger partial charge in [0.25, 0.3) is 0 Å². The Kier molecular flexibility index (Phi) is 6.47. The largest absolute Gasteiger partial charge is 0.484 e. The van der Waals surface area contributed by atoms with E-state index in [0.717, 1.165) is 22.5 Å². The highest BCUT2D eigenvalue weighted by Gasteiger charge is 2.12. The molecule has 0 saturated heterocycles. The molecule has 0 aliphatic rings. The van der Waals surface area contributed by atoms with Gasteiger partial charge in [0.1, 0.15) is 17.6 Å². The summed E-state index contributed by atoms with van der Waals surface area (Å²) in [6.45, 7) is 4.90. The fourth-order valence-electron chi connectivity index (χ4n) is 2.98. The molecule has 0 radical (unpaired) electrons. The lowest BCUT2D eigenvalue weighted by atomic mass is 10.1. The molecule has 3 rings (SSSR count). The van der Waals surface area contributed by atoms with Gasteiger partial charge in [0, 0.05) is 11.1 Å². The molecule has 154 valence electrons. The molecule has 0 bridgehead atoms. The molecule has 0 saturated carbocycles. The summed E-state index contributed by atoms with van der Waals surface area (Å²) in [5.74, 6) is 0.150. The van der Waals surface area contributed by atoms with E-state index in [1.807, 2.05) is 44.2 Å². The summed E-state index contributed by atoms with van der Waals surface area (Å²) in [4.78, 5) is 26.8. The summed E-state index contributed by atoms with van der Waals surface area (Å²) in [6.07, 6.45) is -0.299. The zero-order chi connectivity index (χ0) is 21.7. The minimum absolute atomic E-state index is 0.0277. The third-order valence-electron chi connectivity index (χ3n) is 4.58. The zero-order valence-electron chi connectivity index (χ0n) is 17.1.